The summed E-state index contributed by atoms with van der Waals surface area (Å²) in [5.41, 5.74) is 3.23. The first-order chi connectivity index (χ1) is 10.1. The maximum absolute atomic E-state index is 12.1. The van der Waals surface area contributed by atoms with Gasteiger partial charge in [-0.1, -0.05) is 34.1 Å². The van der Waals surface area contributed by atoms with Gasteiger partial charge in [-0.05, 0) is 35.4 Å². The van der Waals surface area contributed by atoms with Gasteiger partial charge in [0.2, 0.25) is 5.91 Å². The summed E-state index contributed by atoms with van der Waals surface area (Å²) in [5, 5.41) is 5.62. The van der Waals surface area contributed by atoms with Gasteiger partial charge in [0.15, 0.2) is 0 Å². The monoisotopic (exact) mass is 344 g/mol. The zero-order valence-corrected chi connectivity index (χ0v) is 12.7. The van der Waals surface area contributed by atoms with Crippen LogP contribution in [0, 0.1) is 0 Å². The fourth-order valence-corrected chi connectivity index (χ4v) is 2.73. The molecule has 0 radical (unpaired) electrons. The van der Waals surface area contributed by atoms with Crippen molar-refractivity contribution in [2.75, 3.05) is 5.32 Å². The maximum atomic E-state index is 12.1. The first kappa shape index (κ1) is 13.8. The Hall–Kier alpha value is -2.14. The van der Waals surface area contributed by atoms with Gasteiger partial charge in [0, 0.05) is 22.3 Å². The third kappa shape index (κ3) is 3.13. The number of halogens is 1. The number of rotatable bonds is 3. The minimum Gasteiger partial charge on any atom is -0.348 e. The summed E-state index contributed by atoms with van der Waals surface area (Å²) < 4.78 is 0.981. The van der Waals surface area contributed by atoms with E-state index in [1.165, 1.54) is 0 Å². The average Bonchev–Trinajstić information content (AvgIpc) is 2.84. The van der Waals surface area contributed by atoms with Crippen LogP contribution in [-0.2, 0) is 17.8 Å². The smallest absolute Gasteiger partial charge is 0.251 e. The molecule has 0 aromatic heterocycles. The second-order valence-electron chi connectivity index (χ2n) is 4.91. The zero-order valence-electron chi connectivity index (χ0n) is 11.2. The highest BCUT2D eigenvalue weighted by molar-refractivity contribution is 9.10. The third-order valence-electron chi connectivity index (χ3n) is 3.34. The molecule has 3 rings (SSSR count). The van der Waals surface area contributed by atoms with Gasteiger partial charge in [-0.3, -0.25) is 9.59 Å². The van der Waals surface area contributed by atoms with Crippen LogP contribution in [0.25, 0.3) is 0 Å². The van der Waals surface area contributed by atoms with Gasteiger partial charge in [0.05, 0.1) is 6.42 Å². The molecule has 2 aromatic rings. The number of hydrogen-bond donors (Lipinski definition) is 2. The predicted octanol–water partition coefficient (Wildman–Crippen LogP) is 2.87. The van der Waals surface area contributed by atoms with Crippen molar-refractivity contribution in [1.82, 2.24) is 5.32 Å². The molecular weight excluding hydrogens is 332 g/mol. The van der Waals surface area contributed by atoms with E-state index in [9.17, 15) is 9.59 Å². The first-order valence-corrected chi connectivity index (χ1v) is 7.36. The number of nitrogens with one attached hydrogen (secondary N) is 2. The Bertz CT molecular complexity index is 728. The largest absolute Gasteiger partial charge is 0.348 e. The first-order valence-electron chi connectivity index (χ1n) is 6.57. The predicted molar refractivity (Wildman–Crippen MR) is 84.1 cm³/mol. The summed E-state index contributed by atoms with van der Waals surface area (Å²) in [7, 11) is 0. The lowest BCUT2D eigenvalue weighted by Gasteiger charge is -2.07. The van der Waals surface area contributed by atoms with Crippen LogP contribution in [0.5, 0.6) is 0 Å². The van der Waals surface area contributed by atoms with Gasteiger partial charge in [0.1, 0.15) is 0 Å². The fourth-order valence-electron chi connectivity index (χ4n) is 2.29. The molecule has 0 atom stereocenters. The summed E-state index contributed by atoms with van der Waals surface area (Å²) >= 11 is 3.40. The van der Waals surface area contributed by atoms with Crippen molar-refractivity contribution < 1.29 is 9.59 Å². The second-order valence-corrected chi connectivity index (χ2v) is 5.83. The topological polar surface area (TPSA) is 58.2 Å². The summed E-state index contributed by atoms with van der Waals surface area (Å²) in [6.07, 6.45) is 0.384. The summed E-state index contributed by atoms with van der Waals surface area (Å²) in [4.78, 5) is 23.5. The number of benzene rings is 2. The average molecular weight is 345 g/mol. The Morgan fingerprint density at radius 1 is 1.24 bits per heavy atom. The Balaban J connectivity index is 1.69. The Morgan fingerprint density at radius 3 is 2.90 bits per heavy atom. The van der Waals surface area contributed by atoms with Crippen LogP contribution >= 0.6 is 15.9 Å². The molecule has 4 nitrogen and oxygen atoms in total. The molecule has 5 heteroatoms. The molecule has 1 aliphatic heterocycles. The van der Waals surface area contributed by atoms with E-state index in [2.05, 4.69) is 26.6 Å². The molecule has 21 heavy (non-hydrogen) atoms. The van der Waals surface area contributed by atoms with Gasteiger partial charge < -0.3 is 10.6 Å². The Labute approximate surface area is 130 Å². The van der Waals surface area contributed by atoms with E-state index in [0.29, 0.717) is 18.5 Å². The Kier molecular flexibility index (Phi) is 3.75. The van der Waals surface area contributed by atoms with E-state index < -0.39 is 0 Å². The third-order valence-corrected chi connectivity index (χ3v) is 3.83. The minimum absolute atomic E-state index is 0.0308. The number of hydrogen-bond acceptors (Lipinski definition) is 2. The van der Waals surface area contributed by atoms with Crippen molar-refractivity contribution in [2.24, 2.45) is 0 Å². The van der Waals surface area contributed by atoms with Crippen LogP contribution in [0.1, 0.15) is 21.5 Å². The van der Waals surface area contributed by atoms with E-state index >= 15 is 0 Å². The molecule has 0 fully saturated rings. The number of carbonyl (C=O) groups excluding carboxylic acids is 2. The molecule has 0 spiro atoms. The van der Waals surface area contributed by atoms with Crippen LogP contribution in [0.15, 0.2) is 46.9 Å². The lowest BCUT2D eigenvalue weighted by atomic mass is 10.1. The molecule has 1 aliphatic rings. The molecule has 0 saturated carbocycles. The van der Waals surface area contributed by atoms with Crippen molar-refractivity contribution in [3.63, 3.8) is 0 Å². The van der Waals surface area contributed by atoms with Crippen LogP contribution in [0.2, 0.25) is 0 Å². The van der Waals surface area contributed by atoms with Gasteiger partial charge in [0.25, 0.3) is 5.91 Å². The molecule has 0 unspecified atom stereocenters. The van der Waals surface area contributed by atoms with Crippen LogP contribution in [0.3, 0.4) is 0 Å². The highest BCUT2D eigenvalue weighted by Crippen LogP contribution is 2.24. The highest BCUT2D eigenvalue weighted by Gasteiger charge is 2.18. The van der Waals surface area contributed by atoms with Gasteiger partial charge in [-0.25, -0.2) is 0 Å². The van der Waals surface area contributed by atoms with Gasteiger partial charge in [-0.15, -0.1) is 0 Å². The fraction of sp³-hybridized carbons (Fsp3) is 0.125. The SMILES string of the molecule is O=C1Cc2ccc(C(=O)NCc3cccc(Br)c3)cc2N1. The zero-order chi connectivity index (χ0) is 14.8. The minimum atomic E-state index is -0.154. The van der Waals surface area contributed by atoms with Crippen molar-refractivity contribution in [3.8, 4) is 0 Å². The molecule has 0 saturated heterocycles. The molecule has 1 heterocycles. The highest BCUT2D eigenvalue weighted by atomic mass is 79.9. The van der Waals surface area contributed by atoms with Crippen LogP contribution < -0.4 is 10.6 Å². The van der Waals surface area contributed by atoms with E-state index in [-0.39, 0.29) is 11.8 Å². The standard InChI is InChI=1S/C16H13BrN2O2/c17-13-3-1-2-10(6-13)9-18-16(21)12-5-4-11-8-15(20)19-14(11)7-12/h1-7H,8-9H2,(H,18,21)(H,19,20). The molecule has 0 bridgehead atoms. The summed E-state index contributed by atoms with van der Waals surface area (Å²) in [5.74, 6) is -0.185. The molecule has 2 N–H and O–H groups in total. The van der Waals surface area contributed by atoms with Crippen LogP contribution in [0.4, 0.5) is 5.69 Å². The van der Waals surface area contributed by atoms with Crippen LogP contribution in [-0.4, -0.2) is 11.8 Å². The number of fused-ring (bicyclic) bond motifs is 1. The van der Waals surface area contributed by atoms with Crippen molar-refractivity contribution in [2.45, 2.75) is 13.0 Å². The maximum Gasteiger partial charge on any atom is 0.251 e. The van der Waals surface area contributed by atoms with Crippen molar-refractivity contribution in [3.05, 3.63) is 63.6 Å². The molecule has 2 amide bonds. The molecule has 2 aromatic carbocycles. The lowest BCUT2D eigenvalue weighted by Crippen LogP contribution is -2.22. The number of carbonyl (C=O) groups is 2. The van der Waals surface area contributed by atoms with E-state index in [1.807, 2.05) is 30.3 Å². The summed E-state index contributed by atoms with van der Waals surface area (Å²) in [6.45, 7) is 0.460. The summed E-state index contributed by atoms with van der Waals surface area (Å²) in [6, 6.07) is 13.1. The number of anilines is 1. The normalized spacial score (nSPS) is 12.7. The molecule has 0 aliphatic carbocycles. The van der Waals surface area contributed by atoms with Gasteiger partial charge >= 0.3 is 0 Å². The second kappa shape index (κ2) is 5.69. The van der Waals surface area contributed by atoms with E-state index in [0.717, 1.165) is 21.3 Å². The van der Waals surface area contributed by atoms with Crippen molar-refractivity contribution >= 4 is 33.4 Å². The van der Waals surface area contributed by atoms with E-state index in [4.69, 9.17) is 0 Å². The quantitative estimate of drug-likeness (QED) is 0.899. The van der Waals surface area contributed by atoms with Gasteiger partial charge in [-0.2, -0.15) is 0 Å². The lowest BCUT2D eigenvalue weighted by molar-refractivity contribution is -0.115. The number of amides is 2. The van der Waals surface area contributed by atoms with E-state index in [1.54, 1.807) is 12.1 Å². The Morgan fingerprint density at radius 2 is 2.10 bits per heavy atom. The molecular formula is C16H13BrN2O2. The molecule has 106 valence electrons. The van der Waals surface area contributed by atoms with Crippen molar-refractivity contribution in [1.29, 1.82) is 0 Å².